The zero-order valence-corrected chi connectivity index (χ0v) is 15.7. The molecule has 1 aromatic carbocycles. The molecule has 1 heterocycles. The van der Waals surface area contributed by atoms with Crippen LogP contribution in [0.1, 0.15) is 67.9 Å². The van der Waals surface area contributed by atoms with Crippen molar-refractivity contribution >= 4 is 5.91 Å². The van der Waals surface area contributed by atoms with Crippen LogP contribution in [0.15, 0.2) is 28.7 Å². The Hall–Kier alpha value is -2.17. The van der Waals surface area contributed by atoms with E-state index >= 15 is 0 Å². The Labute approximate surface area is 155 Å². The molecule has 0 aliphatic heterocycles. The van der Waals surface area contributed by atoms with Gasteiger partial charge in [-0.15, -0.1) is 10.2 Å². The molecule has 0 spiro atoms. The Morgan fingerprint density at radius 2 is 1.77 bits per heavy atom. The number of hydrogen-bond donors (Lipinski definition) is 1. The second-order valence-corrected chi connectivity index (χ2v) is 7.39. The van der Waals surface area contributed by atoms with Crippen LogP contribution in [0, 0.1) is 12.8 Å². The maximum Gasteiger partial charge on any atom is 0.220 e. The smallest absolute Gasteiger partial charge is 0.220 e. The summed E-state index contributed by atoms with van der Waals surface area (Å²) in [4.78, 5) is 12.0. The van der Waals surface area contributed by atoms with Crippen LogP contribution in [0.2, 0.25) is 0 Å². The Morgan fingerprint density at radius 3 is 2.50 bits per heavy atom. The highest BCUT2D eigenvalue weighted by Crippen LogP contribution is 2.27. The Balaban J connectivity index is 1.35. The number of nitrogens with zero attached hydrogens (tertiary/aromatic N) is 2. The van der Waals surface area contributed by atoms with E-state index in [1.807, 2.05) is 12.1 Å². The summed E-state index contributed by atoms with van der Waals surface area (Å²) >= 11 is 0. The quantitative estimate of drug-likeness (QED) is 0.773. The molecule has 1 aliphatic carbocycles. The Kier molecular flexibility index (Phi) is 6.81. The third-order valence-electron chi connectivity index (χ3n) is 5.18. The first kappa shape index (κ1) is 18.6. The number of rotatable bonds is 8. The van der Waals surface area contributed by atoms with Gasteiger partial charge in [-0.2, -0.15) is 0 Å². The summed E-state index contributed by atoms with van der Waals surface area (Å²) in [5.74, 6) is 2.10. The number of carbonyl (C=O) groups excluding carboxylic acids is 1. The fourth-order valence-electron chi connectivity index (χ4n) is 3.51. The highest BCUT2D eigenvalue weighted by molar-refractivity contribution is 5.76. The topological polar surface area (TPSA) is 68.0 Å². The highest BCUT2D eigenvalue weighted by atomic mass is 16.4. The minimum atomic E-state index is 0.00697. The third-order valence-corrected chi connectivity index (χ3v) is 5.18. The van der Waals surface area contributed by atoms with Gasteiger partial charge in [-0.3, -0.25) is 4.79 Å². The van der Waals surface area contributed by atoms with Gasteiger partial charge in [0.15, 0.2) is 0 Å². The van der Waals surface area contributed by atoms with Crippen molar-refractivity contribution in [1.82, 2.24) is 15.5 Å². The number of nitrogens with one attached hydrogen (secondary N) is 1. The first-order valence-corrected chi connectivity index (χ1v) is 9.82. The molecule has 1 saturated carbocycles. The lowest BCUT2D eigenvalue weighted by Gasteiger charge is -2.20. The molecular formula is C21H29N3O2. The van der Waals surface area contributed by atoms with E-state index in [1.165, 1.54) is 37.7 Å². The molecule has 0 bridgehead atoms. The predicted molar refractivity (Wildman–Crippen MR) is 101 cm³/mol. The first-order valence-electron chi connectivity index (χ1n) is 9.82. The number of aromatic nitrogens is 2. The van der Waals surface area contributed by atoms with Gasteiger partial charge in [-0.1, -0.05) is 61.9 Å². The van der Waals surface area contributed by atoms with E-state index in [1.54, 1.807) is 0 Å². The second-order valence-electron chi connectivity index (χ2n) is 7.39. The molecule has 2 aromatic rings. The number of aryl methyl sites for hydroxylation is 3. The number of hydrogen-bond acceptors (Lipinski definition) is 4. The van der Waals surface area contributed by atoms with Gasteiger partial charge >= 0.3 is 0 Å². The molecule has 3 rings (SSSR count). The maximum absolute atomic E-state index is 12.0. The molecule has 26 heavy (non-hydrogen) atoms. The van der Waals surface area contributed by atoms with E-state index in [2.05, 4.69) is 34.6 Å². The normalized spacial score (nSPS) is 15.1. The van der Waals surface area contributed by atoms with Crippen LogP contribution in [0.4, 0.5) is 0 Å². The molecule has 0 unspecified atom stereocenters. The largest absolute Gasteiger partial charge is 0.425 e. The number of amides is 1. The predicted octanol–water partition coefficient (Wildman–Crippen LogP) is 4.14. The summed E-state index contributed by atoms with van der Waals surface area (Å²) in [6.45, 7) is 2.60. The van der Waals surface area contributed by atoms with Gasteiger partial charge in [0.1, 0.15) is 0 Å². The van der Waals surface area contributed by atoms with Crippen molar-refractivity contribution in [1.29, 1.82) is 0 Å². The van der Waals surface area contributed by atoms with Gasteiger partial charge in [0.25, 0.3) is 0 Å². The van der Waals surface area contributed by atoms with E-state index in [0.717, 1.165) is 24.3 Å². The lowest BCUT2D eigenvalue weighted by atomic mass is 9.86. The van der Waals surface area contributed by atoms with Crippen LogP contribution < -0.4 is 5.32 Å². The molecule has 0 saturated heterocycles. The van der Waals surface area contributed by atoms with Crippen molar-refractivity contribution in [2.24, 2.45) is 5.92 Å². The average Bonchev–Trinajstić information content (AvgIpc) is 3.13. The fraction of sp³-hybridized carbons (Fsp3) is 0.571. The van der Waals surface area contributed by atoms with Crippen LogP contribution >= 0.6 is 0 Å². The van der Waals surface area contributed by atoms with Crippen molar-refractivity contribution < 1.29 is 9.21 Å². The highest BCUT2D eigenvalue weighted by Gasteiger charge is 2.15. The summed E-state index contributed by atoms with van der Waals surface area (Å²) < 4.78 is 5.70. The molecule has 140 valence electrons. The second kappa shape index (κ2) is 9.51. The molecular weight excluding hydrogens is 326 g/mol. The van der Waals surface area contributed by atoms with E-state index in [-0.39, 0.29) is 5.91 Å². The minimum Gasteiger partial charge on any atom is -0.425 e. The molecule has 1 fully saturated rings. The van der Waals surface area contributed by atoms with E-state index in [4.69, 9.17) is 4.42 Å². The maximum atomic E-state index is 12.0. The molecule has 1 aromatic heterocycles. The van der Waals surface area contributed by atoms with Crippen molar-refractivity contribution in [3.8, 4) is 0 Å². The molecule has 5 heteroatoms. The van der Waals surface area contributed by atoms with Crippen LogP contribution in [-0.2, 0) is 24.2 Å². The lowest BCUT2D eigenvalue weighted by Crippen LogP contribution is -2.23. The van der Waals surface area contributed by atoms with E-state index < -0.39 is 0 Å². The summed E-state index contributed by atoms with van der Waals surface area (Å²) in [5.41, 5.74) is 2.32. The number of benzene rings is 1. The standard InChI is InChI=1S/C21H29N3O2/c1-16-7-9-18(10-8-16)15-22-19(25)12-14-21-24-23-20(26-21)13-11-17-5-3-2-4-6-17/h7-10,17H,2-6,11-15H2,1H3,(H,22,25). The molecule has 0 radical (unpaired) electrons. The number of carbonyl (C=O) groups is 1. The van der Waals surface area contributed by atoms with Crippen molar-refractivity contribution in [2.45, 2.75) is 71.3 Å². The first-order chi connectivity index (χ1) is 12.7. The molecule has 1 N–H and O–H groups in total. The molecule has 1 amide bonds. The summed E-state index contributed by atoms with van der Waals surface area (Å²) in [6.07, 6.45) is 9.63. The summed E-state index contributed by atoms with van der Waals surface area (Å²) in [7, 11) is 0. The zero-order valence-electron chi connectivity index (χ0n) is 15.7. The summed E-state index contributed by atoms with van der Waals surface area (Å²) in [5, 5.41) is 11.2. The third kappa shape index (κ3) is 5.97. The van der Waals surface area contributed by atoms with Crippen molar-refractivity contribution in [2.75, 3.05) is 0 Å². The SMILES string of the molecule is Cc1ccc(CNC(=O)CCc2nnc(CCC3CCCCC3)o2)cc1. The lowest BCUT2D eigenvalue weighted by molar-refractivity contribution is -0.121. The van der Waals surface area contributed by atoms with Gasteiger partial charge in [-0.25, -0.2) is 0 Å². The minimum absolute atomic E-state index is 0.00697. The molecule has 0 atom stereocenters. The monoisotopic (exact) mass is 355 g/mol. The van der Waals surface area contributed by atoms with Gasteiger partial charge in [0.05, 0.1) is 0 Å². The van der Waals surface area contributed by atoms with E-state index in [0.29, 0.717) is 31.2 Å². The van der Waals surface area contributed by atoms with Crippen LogP contribution in [0.5, 0.6) is 0 Å². The van der Waals surface area contributed by atoms with Crippen molar-refractivity contribution in [3.63, 3.8) is 0 Å². The molecule has 1 aliphatic rings. The summed E-state index contributed by atoms with van der Waals surface area (Å²) in [6, 6.07) is 8.17. The molecule has 5 nitrogen and oxygen atoms in total. The van der Waals surface area contributed by atoms with Crippen LogP contribution in [0.3, 0.4) is 0 Å². The van der Waals surface area contributed by atoms with Crippen LogP contribution in [-0.4, -0.2) is 16.1 Å². The van der Waals surface area contributed by atoms with Gasteiger partial charge < -0.3 is 9.73 Å². The van der Waals surface area contributed by atoms with Gasteiger partial charge in [-0.05, 0) is 24.8 Å². The van der Waals surface area contributed by atoms with Crippen LogP contribution in [0.25, 0.3) is 0 Å². The van der Waals surface area contributed by atoms with Gasteiger partial charge in [0, 0.05) is 25.8 Å². The Morgan fingerprint density at radius 1 is 1.08 bits per heavy atom. The Bertz CT molecular complexity index is 688. The van der Waals surface area contributed by atoms with E-state index in [9.17, 15) is 4.79 Å². The van der Waals surface area contributed by atoms with Gasteiger partial charge in [0.2, 0.25) is 17.7 Å². The van der Waals surface area contributed by atoms with Crippen molar-refractivity contribution in [3.05, 3.63) is 47.2 Å². The zero-order chi connectivity index (χ0) is 18.2. The average molecular weight is 355 g/mol. The fourth-order valence-corrected chi connectivity index (χ4v) is 3.51.